The molecule has 251 valence electrons. The number of esters is 1. The molecule has 1 aromatic heterocycles. The molecule has 2 aromatic rings. The van der Waals surface area contributed by atoms with E-state index in [4.69, 9.17) is 14.5 Å². The van der Waals surface area contributed by atoms with Crippen molar-refractivity contribution in [3.05, 3.63) is 23.9 Å². The van der Waals surface area contributed by atoms with Crippen molar-refractivity contribution in [2.75, 3.05) is 6.54 Å². The van der Waals surface area contributed by atoms with Gasteiger partial charge in [-0.05, 0) is 74.8 Å². The van der Waals surface area contributed by atoms with Gasteiger partial charge in [-0.2, -0.15) is 8.78 Å². The van der Waals surface area contributed by atoms with Crippen molar-refractivity contribution in [2.24, 2.45) is 23.2 Å². The number of rotatable bonds is 3. The minimum absolute atomic E-state index is 0. The quantitative estimate of drug-likeness (QED) is 0.279. The third kappa shape index (κ3) is 7.84. The Labute approximate surface area is 281 Å². The van der Waals surface area contributed by atoms with Crippen LogP contribution in [0.5, 0.6) is 11.6 Å². The fourth-order valence-corrected chi connectivity index (χ4v) is 7.22. The molecule has 12 heteroatoms. The molecule has 1 aromatic carbocycles. The Kier molecular flexibility index (Phi) is 11.4. The predicted octanol–water partition coefficient (Wildman–Crippen LogP) is 6.20. The van der Waals surface area contributed by atoms with Crippen LogP contribution in [0.1, 0.15) is 91.7 Å². The molecule has 9 nitrogen and oxygen atoms in total. The van der Waals surface area contributed by atoms with Crippen LogP contribution in [0.4, 0.5) is 8.78 Å². The number of carbonyl (C=O) groups excluding carboxylic acids is 3. The maximum atomic E-state index is 14.1. The van der Waals surface area contributed by atoms with Crippen molar-refractivity contribution >= 4 is 29.2 Å². The van der Waals surface area contributed by atoms with Crippen LogP contribution >= 0.6 is 0 Å². The second-order valence-corrected chi connectivity index (χ2v) is 14.2. The molecule has 1 radical (unpaired) electrons. The van der Waals surface area contributed by atoms with Gasteiger partial charge in [0.25, 0.3) is 0 Å². The number of nitrogens with zero attached hydrogens (tertiary/aromatic N) is 3. The van der Waals surface area contributed by atoms with E-state index in [1.54, 1.807) is 6.07 Å². The summed E-state index contributed by atoms with van der Waals surface area (Å²) in [6, 6.07) is 3.54. The van der Waals surface area contributed by atoms with Gasteiger partial charge in [0.2, 0.25) is 11.8 Å². The average molecular weight is 680 g/mol. The molecule has 5 rings (SSSR count). The molecule has 1 saturated carbocycles. The van der Waals surface area contributed by atoms with Crippen LogP contribution in [0.2, 0.25) is 0 Å². The Bertz CT molecular complexity index is 1420. The van der Waals surface area contributed by atoms with Crippen LogP contribution in [0.25, 0.3) is 11.0 Å². The van der Waals surface area contributed by atoms with Gasteiger partial charge in [0.1, 0.15) is 23.1 Å². The van der Waals surface area contributed by atoms with Gasteiger partial charge in [-0.25, -0.2) is 16.3 Å². The number of aromatic nitrogens is 2. The van der Waals surface area contributed by atoms with E-state index in [9.17, 15) is 23.2 Å². The Balaban J connectivity index is 0.00000480. The van der Waals surface area contributed by atoms with Gasteiger partial charge in [-0.1, -0.05) is 46.6 Å². The molecule has 46 heavy (non-hydrogen) atoms. The molecule has 2 aliphatic heterocycles. The zero-order valence-corrected chi connectivity index (χ0v) is 28.7. The molecule has 1 aliphatic carbocycles. The molecular weight excluding hydrogens is 635 g/mol. The van der Waals surface area contributed by atoms with Crippen LogP contribution in [0.3, 0.4) is 0 Å². The van der Waals surface area contributed by atoms with Crippen molar-refractivity contribution in [3.8, 4) is 11.6 Å². The summed E-state index contributed by atoms with van der Waals surface area (Å²) in [5.74, 6) is -1.43. The fraction of sp³-hybridized carbons (Fsp3) is 0.676. The molecule has 1 amide bonds. The van der Waals surface area contributed by atoms with Crippen molar-refractivity contribution in [2.45, 2.75) is 117 Å². The molecule has 1 saturated heterocycles. The molecule has 2 bridgehead atoms. The van der Waals surface area contributed by atoms with Crippen molar-refractivity contribution in [1.82, 2.24) is 14.9 Å². The second-order valence-electron chi connectivity index (χ2n) is 14.2. The third-order valence-corrected chi connectivity index (χ3v) is 9.98. The van der Waals surface area contributed by atoms with Crippen molar-refractivity contribution in [3.63, 3.8) is 0 Å². The largest absolute Gasteiger partial charge is 0.540 e. The number of amides is 1. The molecule has 0 unspecified atom stereocenters. The summed E-state index contributed by atoms with van der Waals surface area (Å²) >= 11 is 0. The van der Waals surface area contributed by atoms with E-state index in [0.717, 1.165) is 44.9 Å². The Morgan fingerprint density at radius 2 is 1.83 bits per heavy atom. The zero-order valence-electron chi connectivity index (χ0n) is 27.3. The van der Waals surface area contributed by atoms with Gasteiger partial charge in [-0.3, -0.25) is 9.59 Å². The molecule has 6 atom stereocenters. The summed E-state index contributed by atoms with van der Waals surface area (Å²) in [7, 11) is 0. The maximum absolute atomic E-state index is 14.1. The standard InChI is InChI=1S/C34H44F2N3O6.V/c1-20-27(19-40)39-18-28(20)44-30-25(37-24-14-13-22(43-32(35)36)16-26(24)38-30)12-8-6-7-10-21-11-9-15-34(21,5)45-29(41)17-23(31(39)42)33(2,3)4;/h13-14,16,20-21,23,27-28,32H,6-12,15,17-18H2,1-5H3;/q-1;/t20-,21+,23+,27+,28-,34+;/m0./s1. The summed E-state index contributed by atoms with van der Waals surface area (Å²) in [5, 5.41) is 0. The van der Waals surface area contributed by atoms with E-state index in [-0.39, 0.29) is 55.0 Å². The summed E-state index contributed by atoms with van der Waals surface area (Å²) in [6.45, 7) is 6.67. The van der Waals surface area contributed by atoms with E-state index >= 15 is 0 Å². The van der Waals surface area contributed by atoms with Gasteiger partial charge in [0.05, 0.1) is 29.9 Å². The smallest absolute Gasteiger partial charge is 0.387 e. The molecular formula is C34H44F2N3O6V-. The summed E-state index contributed by atoms with van der Waals surface area (Å²) in [5.41, 5.74) is 0.322. The first-order valence-electron chi connectivity index (χ1n) is 16.1. The van der Waals surface area contributed by atoms with Gasteiger partial charge >= 0.3 is 12.6 Å². The average Bonchev–Trinajstić information content (AvgIpc) is 3.48. The number of ether oxygens (including phenoxy) is 3. The number of carbonyl (C=O) groups is 2. The first-order chi connectivity index (χ1) is 21.3. The number of benzene rings is 1. The number of hydrogen-bond donors (Lipinski definition) is 0. The second kappa shape index (κ2) is 14.5. The number of hydrogen-bond acceptors (Lipinski definition) is 8. The summed E-state index contributed by atoms with van der Waals surface area (Å²) < 4.78 is 43.0. The van der Waals surface area contributed by atoms with Crippen LogP contribution in [0, 0.1) is 23.2 Å². The van der Waals surface area contributed by atoms with Crippen LogP contribution < -0.4 is 9.47 Å². The zero-order chi connectivity index (χ0) is 32.5. The normalized spacial score (nSPS) is 29.6. The SMILES string of the molecule is C[C@@H]1[C@@H]2CN(C(=O)[C@H](C(C)(C)C)CC(=O)O[C@]3(C)CCC[C@H]3CCCCCc3nc4ccc(OC(F)F)cc4nc3O2)[C@@H]1[C-]=O.[V]. The summed E-state index contributed by atoms with van der Waals surface area (Å²) in [4.78, 5) is 50.8. The molecule has 0 N–H and O–H groups in total. The molecule has 0 spiro atoms. The van der Waals surface area contributed by atoms with Crippen molar-refractivity contribution in [1.29, 1.82) is 0 Å². The number of fused-ring (bicyclic) bond motifs is 5. The minimum Gasteiger partial charge on any atom is -0.540 e. The van der Waals surface area contributed by atoms with E-state index < -0.39 is 47.6 Å². The van der Waals surface area contributed by atoms with Crippen LogP contribution in [-0.2, 0) is 44.1 Å². The Hall–Kier alpha value is -2.79. The predicted molar refractivity (Wildman–Crippen MR) is 163 cm³/mol. The third-order valence-electron chi connectivity index (χ3n) is 9.98. The van der Waals surface area contributed by atoms with Crippen LogP contribution in [0.15, 0.2) is 18.2 Å². The first-order valence-corrected chi connectivity index (χ1v) is 16.1. The van der Waals surface area contributed by atoms with Gasteiger partial charge < -0.3 is 23.9 Å². The molecule has 2 fully saturated rings. The number of alkyl halides is 2. The van der Waals surface area contributed by atoms with Gasteiger partial charge in [0, 0.05) is 24.6 Å². The minimum atomic E-state index is -2.98. The van der Waals surface area contributed by atoms with Crippen LogP contribution in [-0.4, -0.2) is 63.9 Å². The van der Waals surface area contributed by atoms with E-state index in [0.29, 0.717) is 23.1 Å². The fourth-order valence-electron chi connectivity index (χ4n) is 7.22. The number of halogens is 2. The van der Waals surface area contributed by atoms with E-state index in [1.807, 2.05) is 40.9 Å². The van der Waals surface area contributed by atoms with E-state index in [2.05, 4.69) is 9.72 Å². The van der Waals surface area contributed by atoms with Crippen molar-refractivity contribution < 1.29 is 55.9 Å². The summed E-state index contributed by atoms with van der Waals surface area (Å²) in [6.07, 6.45) is 8.30. The molecule has 3 heterocycles. The molecule has 3 aliphatic rings. The number of aryl methyl sites for hydroxylation is 1. The van der Waals surface area contributed by atoms with E-state index in [1.165, 1.54) is 17.0 Å². The first kappa shape index (κ1) is 36.1. The van der Waals surface area contributed by atoms with Gasteiger partial charge in [0.15, 0.2) is 0 Å². The van der Waals surface area contributed by atoms with Gasteiger partial charge in [-0.15, -0.1) is 0 Å². The Morgan fingerprint density at radius 3 is 2.52 bits per heavy atom. The Morgan fingerprint density at radius 1 is 1.09 bits per heavy atom. The topological polar surface area (TPSA) is 108 Å². The monoisotopic (exact) mass is 679 g/mol. The maximum Gasteiger partial charge on any atom is 0.387 e.